The molecule has 2 N–H and O–H groups in total. The van der Waals surface area contributed by atoms with Crippen molar-refractivity contribution < 1.29 is 14.0 Å². The highest BCUT2D eigenvalue weighted by molar-refractivity contribution is 6.06. The summed E-state index contributed by atoms with van der Waals surface area (Å²) in [6.45, 7) is 0.0783. The summed E-state index contributed by atoms with van der Waals surface area (Å²) in [4.78, 5) is 25.5. The van der Waals surface area contributed by atoms with Crippen LogP contribution in [0.5, 0.6) is 0 Å². The van der Waals surface area contributed by atoms with E-state index in [0.29, 0.717) is 16.9 Å². The van der Waals surface area contributed by atoms with E-state index in [0.717, 1.165) is 0 Å². The number of tetrazole rings is 1. The monoisotopic (exact) mass is 354 g/mol. The standard InChI is InChI=1S/C17H15FN6O2/c18-13-4-6-14(7-5-13)23(9-8-16(19)25)17(26)12-2-1-3-15(10-12)24-11-20-21-22-24/h1-7,10-11H,8-9H2,(H2,19,25). The van der Waals surface area contributed by atoms with Crippen molar-refractivity contribution in [3.05, 3.63) is 66.2 Å². The molecule has 1 aromatic heterocycles. The van der Waals surface area contributed by atoms with Crippen molar-refractivity contribution in [3.63, 3.8) is 0 Å². The van der Waals surface area contributed by atoms with Gasteiger partial charge in [-0.05, 0) is 52.9 Å². The maximum Gasteiger partial charge on any atom is 0.258 e. The fourth-order valence-electron chi connectivity index (χ4n) is 2.41. The van der Waals surface area contributed by atoms with Gasteiger partial charge in [0.1, 0.15) is 12.1 Å². The van der Waals surface area contributed by atoms with Gasteiger partial charge in [-0.15, -0.1) is 5.10 Å². The molecule has 0 fully saturated rings. The Morgan fingerprint density at radius 3 is 2.58 bits per heavy atom. The van der Waals surface area contributed by atoms with E-state index in [4.69, 9.17) is 5.73 Å². The fourth-order valence-corrected chi connectivity index (χ4v) is 2.41. The zero-order valence-corrected chi connectivity index (χ0v) is 13.6. The molecule has 2 amide bonds. The lowest BCUT2D eigenvalue weighted by Gasteiger charge is -2.22. The van der Waals surface area contributed by atoms with Crippen LogP contribution in [0.4, 0.5) is 10.1 Å². The Morgan fingerprint density at radius 1 is 1.15 bits per heavy atom. The summed E-state index contributed by atoms with van der Waals surface area (Å²) in [5, 5.41) is 10.9. The average Bonchev–Trinajstić information content (AvgIpc) is 3.18. The van der Waals surface area contributed by atoms with Crippen LogP contribution >= 0.6 is 0 Å². The Kier molecular flexibility index (Phi) is 4.97. The van der Waals surface area contributed by atoms with Crippen LogP contribution in [0, 0.1) is 5.82 Å². The molecule has 0 aliphatic rings. The lowest BCUT2D eigenvalue weighted by atomic mass is 10.1. The molecule has 3 aromatic rings. The smallest absolute Gasteiger partial charge is 0.258 e. The molecule has 0 spiro atoms. The van der Waals surface area contributed by atoms with E-state index in [-0.39, 0.29) is 18.9 Å². The number of amides is 2. The van der Waals surface area contributed by atoms with Crippen molar-refractivity contribution in [1.29, 1.82) is 0 Å². The van der Waals surface area contributed by atoms with E-state index in [1.54, 1.807) is 24.3 Å². The van der Waals surface area contributed by atoms with Crippen LogP contribution in [0.25, 0.3) is 5.69 Å². The Bertz CT molecular complexity index is 911. The normalized spacial score (nSPS) is 10.5. The number of benzene rings is 2. The molecule has 3 rings (SSSR count). The summed E-state index contributed by atoms with van der Waals surface area (Å²) in [6, 6.07) is 12.1. The topological polar surface area (TPSA) is 107 Å². The quantitative estimate of drug-likeness (QED) is 0.718. The number of aromatic nitrogens is 4. The molecule has 0 saturated carbocycles. The highest BCUT2D eigenvalue weighted by Crippen LogP contribution is 2.19. The minimum atomic E-state index is -0.535. The molecule has 0 bridgehead atoms. The number of primary amides is 1. The lowest BCUT2D eigenvalue weighted by Crippen LogP contribution is -2.34. The Balaban J connectivity index is 1.93. The first-order valence-corrected chi connectivity index (χ1v) is 7.74. The van der Waals surface area contributed by atoms with E-state index in [1.807, 2.05) is 0 Å². The van der Waals surface area contributed by atoms with Crippen LogP contribution in [0.15, 0.2) is 54.9 Å². The molecule has 1 heterocycles. The Labute approximate surface area is 148 Å². The number of nitrogens with two attached hydrogens (primary N) is 1. The average molecular weight is 354 g/mol. The summed E-state index contributed by atoms with van der Waals surface area (Å²) >= 11 is 0. The van der Waals surface area contributed by atoms with Crippen molar-refractivity contribution in [1.82, 2.24) is 20.2 Å². The molecule has 0 radical (unpaired) electrons. The summed E-state index contributed by atoms with van der Waals surface area (Å²) < 4.78 is 14.6. The summed E-state index contributed by atoms with van der Waals surface area (Å²) in [7, 11) is 0. The highest BCUT2D eigenvalue weighted by Gasteiger charge is 2.19. The van der Waals surface area contributed by atoms with Crippen LogP contribution in [-0.2, 0) is 4.79 Å². The third-order valence-electron chi connectivity index (χ3n) is 3.67. The fraction of sp³-hybridized carbons (Fsp3) is 0.118. The molecule has 0 saturated heterocycles. The summed E-state index contributed by atoms with van der Waals surface area (Å²) in [5.74, 6) is -1.31. The maximum absolute atomic E-state index is 13.2. The minimum absolute atomic E-state index is 0.0181. The molecular weight excluding hydrogens is 339 g/mol. The predicted octanol–water partition coefficient (Wildman–Crippen LogP) is 1.32. The Hall–Kier alpha value is -3.62. The van der Waals surface area contributed by atoms with Crippen LogP contribution < -0.4 is 10.6 Å². The number of halogens is 1. The second kappa shape index (κ2) is 7.51. The molecule has 0 aliphatic carbocycles. The number of hydrogen-bond donors (Lipinski definition) is 1. The van der Waals surface area contributed by atoms with Gasteiger partial charge in [0.25, 0.3) is 5.91 Å². The summed E-state index contributed by atoms with van der Waals surface area (Å²) in [6.07, 6.45) is 1.39. The second-order valence-corrected chi connectivity index (χ2v) is 5.45. The SMILES string of the molecule is NC(=O)CCN(C(=O)c1cccc(-n2cnnn2)c1)c1ccc(F)cc1. The number of rotatable bonds is 6. The van der Waals surface area contributed by atoms with E-state index in [9.17, 15) is 14.0 Å². The van der Waals surface area contributed by atoms with Gasteiger partial charge in [0.2, 0.25) is 5.91 Å². The van der Waals surface area contributed by atoms with Crippen molar-refractivity contribution in [3.8, 4) is 5.69 Å². The highest BCUT2D eigenvalue weighted by atomic mass is 19.1. The van der Waals surface area contributed by atoms with Gasteiger partial charge in [-0.2, -0.15) is 0 Å². The Morgan fingerprint density at radius 2 is 1.92 bits per heavy atom. The van der Waals surface area contributed by atoms with Crippen molar-refractivity contribution in [2.45, 2.75) is 6.42 Å². The number of anilines is 1. The molecule has 9 heteroatoms. The zero-order valence-electron chi connectivity index (χ0n) is 13.6. The largest absolute Gasteiger partial charge is 0.370 e. The van der Waals surface area contributed by atoms with Crippen molar-refractivity contribution >= 4 is 17.5 Å². The predicted molar refractivity (Wildman–Crippen MR) is 91.0 cm³/mol. The molecular formula is C17H15FN6O2. The van der Waals surface area contributed by atoms with Gasteiger partial charge in [0, 0.05) is 24.2 Å². The first-order valence-electron chi connectivity index (χ1n) is 7.74. The number of carbonyl (C=O) groups is 2. The van der Waals surface area contributed by atoms with E-state index in [2.05, 4.69) is 15.5 Å². The number of carbonyl (C=O) groups excluding carboxylic acids is 2. The van der Waals surface area contributed by atoms with Gasteiger partial charge in [-0.25, -0.2) is 9.07 Å². The van der Waals surface area contributed by atoms with Crippen LogP contribution in [0.3, 0.4) is 0 Å². The third-order valence-corrected chi connectivity index (χ3v) is 3.67. The summed E-state index contributed by atoms with van der Waals surface area (Å²) in [5.41, 5.74) is 6.64. The van der Waals surface area contributed by atoms with Crippen molar-refractivity contribution in [2.75, 3.05) is 11.4 Å². The van der Waals surface area contributed by atoms with Gasteiger partial charge >= 0.3 is 0 Å². The van der Waals surface area contributed by atoms with E-state index >= 15 is 0 Å². The first-order chi connectivity index (χ1) is 12.5. The molecule has 26 heavy (non-hydrogen) atoms. The van der Waals surface area contributed by atoms with Crippen LogP contribution in [0.2, 0.25) is 0 Å². The van der Waals surface area contributed by atoms with Gasteiger partial charge in [-0.3, -0.25) is 9.59 Å². The second-order valence-electron chi connectivity index (χ2n) is 5.45. The maximum atomic E-state index is 13.2. The number of hydrogen-bond acceptors (Lipinski definition) is 5. The van der Waals surface area contributed by atoms with Gasteiger partial charge < -0.3 is 10.6 Å². The van der Waals surface area contributed by atoms with Crippen molar-refractivity contribution in [2.24, 2.45) is 5.73 Å². The molecule has 0 aliphatic heterocycles. The lowest BCUT2D eigenvalue weighted by molar-refractivity contribution is -0.117. The van der Waals surface area contributed by atoms with E-state index in [1.165, 1.54) is 40.2 Å². The molecule has 132 valence electrons. The zero-order chi connectivity index (χ0) is 18.5. The van der Waals surface area contributed by atoms with Gasteiger partial charge in [0.15, 0.2) is 0 Å². The van der Waals surface area contributed by atoms with Gasteiger partial charge in [-0.1, -0.05) is 6.07 Å². The first kappa shape index (κ1) is 17.2. The van der Waals surface area contributed by atoms with Gasteiger partial charge in [0.05, 0.1) is 5.69 Å². The third kappa shape index (κ3) is 3.89. The van der Waals surface area contributed by atoms with E-state index < -0.39 is 11.7 Å². The molecule has 0 unspecified atom stereocenters. The molecule has 2 aromatic carbocycles. The number of nitrogens with zero attached hydrogens (tertiary/aromatic N) is 5. The van der Waals surface area contributed by atoms with Crippen LogP contribution in [-0.4, -0.2) is 38.6 Å². The molecule has 8 nitrogen and oxygen atoms in total. The van der Waals surface area contributed by atoms with Crippen LogP contribution in [0.1, 0.15) is 16.8 Å². The molecule has 0 atom stereocenters. The minimum Gasteiger partial charge on any atom is -0.370 e.